The molecule has 4 rings (SSSR count). The van der Waals surface area contributed by atoms with Crippen molar-refractivity contribution in [2.45, 2.75) is 40.2 Å². The molecule has 6 nitrogen and oxygen atoms in total. The molecule has 1 saturated heterocycles. The third-order valence-electron chi connectivity index (χ3n) is 5.18. The maximum Gasteiger partial charge on any atom is 0.410 e. The zero-order chi connectivity index (χ0) is 22.3. The lowest BCUT2D eigenvalue weighted by atomic mass is 10.0. The zero-order valence-corrected chi connectivity index (χ0v) is 19.3. The fraction of sp³-hybridized carbons (Fsp3) is 0.435. The number of fused-ring (bicyclic) bond motifs is 1. The van der Waals surface area contributed by atoms with E-state index in [-0.39, 0.29) is 11.9 Å². The summed E-state index contributed by atoms with van der Waals surface area (Å²) < 4.78 is 19.0. The average Bonchev–Trinajstić information content (AvgIpc) is 3.02. The van der Waals surface area contributed by atoms with Crippen molar-refractivity contribution in [1.29, 1.82) is 0 Å². The minimum absolute atomic E-state index is 0.258. The number of ether oxygens (including phenoxy) is 1. The highest BCUT2D eigenvalue weighted by Gasteiger charge is 2.28. The second-order valence-corrected chi connectivity index (χ2v) is 9.97. The van der Waals surface area contributed by atoms with Crippen molar-refractivity contribution in [3.63, 3.8) is 0 Å². The molecule has 2 aromatic heterocycles. The number of amides is 1. The molecule has 31 heavy (non-hydrogen) atoms. The lowest BCUT2D eigenvalue weighted by molar-refractivity contribution is 0.0240. The van der Waals surface area contributed by atoms with E-state index in [2.05, 4.69) is 16.8 Å². The maximum atomic E-state index is 13.5. The summed E-state index contributed by atoms with van der Waals surface area (Å²) in [5.74, 6) is 1.32. The van der Waals surface area contributed by atoms with Crippen molar-refractivity contribution in [3.8, 4) is 11.1 Å². The van der Waals surface area contributed by atoms with Crippen molar-refractivity contribution < 1.29 is 13.9 Å². The molecule has 1 aliphatic rings. The van der Waals surface area contributed by atoms with E-state index in [0.29, 0.717) is 32.0 Å². The largest absolute Gasteiger partial charge is 0.444 e. The van der Waals surface area contributed by atoms with Crippen LogP contribution >= 0.6 is 11.3 Å². The first-order chi connectivity index (χ1) is 14.6. The van der Waals surface area contributed by atoms with E-state index < -0.39 is 5.60 Å². The van der Waals surface area contributed by atoms with E-state index in [1.807, 2.05) is 27.7 Å². The molecule has 8 heteroatoms. The fourth-order valence-electron chi connectivity index (χ4n) is 3.82. The van der Waals surface area contributed by atoms with E-state index in [1.165, 1.54) is 12.1 Å². The summed E-state index contributed by atoms with van der Waals surface area (Å²) in [7, 11) is 0. The molecule has 0 bridgehead atoms. The standard InChI is InChI=1S/C23H27FN4O2S/c1-14-18(16-6-8-17(24)9-7-16)19-20(25-15(2)26-21(19)31-14)27-10-12-28(13-11-27)22(29)30-23(3,4)5/h6-9H,10-13H2,1-5H3. The summed E-state index contributed by atoms with van der Waals surface area (Å²) in [6.07, 6.45) is -0.283. The van der Waals surface area contributed by atoms with Gasteiger partial charge in [0.1, 0.15) is 27.9 Å². The monoisotopic (exact) mass is 442 g/mol. The number of carbonyl (C=O) groups is 1. The van der Waals surface area contributed by atoms with Crippen LogP contribution in [-0.2, 0) is 4.74 Å². The quantitative estimate of drug-likeness (QED) is 0.548. The number of anilines is 1. The third kappa shape index (κ3) is 4.49. The lowest BCUT2D eigenvalue weighted by Crippen LogP contribution is -2.50. The van der Waals surface area contributed by atoms with Gasteiger partial charge in [0.25, 0.3) is 0 Å². The normalized spacial score (nSPS) is 14.9. The summed E-state index contributed by atoms with van der Waals surface area (Å²) in [6, 6.07) is 6.56. The summed E-state index contributed by atoms with van der Waals surface area (Å²) in [4.78, 5) is 27.9. The SMILES string of the molecule is Cc1nc(N2CCN(C(=O)OC(C)(C)C)CC2)c2c(-c3ccc(F)cc3)c(C)sc2n1. The van der Waals surface area contributed by atoms with Crippen LogP contribution in [0.25, 0.3) is 21.3 Å². The highest BCUT2D eigenvalue weighted by molar-refractivity contribution is 7.19. The van der Waals surface area contributed by atoms with Gasteiger partial charge < -0.3 is 14.5 Å². The molecule has 1 amide bonds. The van der Waals surface area contributed by atoms with Gasteiger partial charge in [0.15, 0.2) is 0 Å². The number of nitrogens with zero attached hydrogens (tertiary/aromatic N) is 4. The van der Waals surface area contributed by atoms with Crippen molar-refractivity contribution in [2.24, 2.45) is 0 Å². The third-order valence-corrected chi connectivity index (χ3v) is 6.18. The maximum absolute atomic E-state index is 13.5. The van der Waals surface area contributed by atoms with Gasteiger partial charge >= 0.3 is 6.09 Å². The number of benzene rings is 1. The number of carbonyl (C=O) groups excluding carboxylic acids is 1. The van der Waals surface area contributed by atoms with Gasteiger partial charge in [0, 0.05) is 36.6 Å². The first kappa shape index (κ1) is 21.5. The molecule has 3 aromatic rings. The van der Waals surface area contributed by atoms with Gasteiger partial charge in [-0.3, -0.25) is 0 Å². The summed E-state index contributed by atoms with van der Waals surface area (Å²) in [6.45, 7) is 12.0. The molecule has 1 aliphatic heterocycles. The Morgan fingerprint density at radius 3 is 2.32 bits per heavy atom. The summed E-state index contributed by atoms with van der Waals surface area (Å²) in [5.41, 5.74) is 1.48. The molecular weight excluding hydrogens is 415 g/mol. The molecule has 0 aliphatic carbocycles. The van der Waals surface area contributed by atoms with E-state index >= 15 is 0 Å². The number of thiophene rings is 1. The lowest BCUT2D eigenvalue weighted by Gasteiger charge is -2.36. The molecule has 0 saturated carbocycles. The zero-order valence-electron chi connectivity index (χ0n) is 18.5. The highest BCUT2D eigenvalue weighted by atomic mass is 32.1. The highest BCUT2D eigenvalue weighted by Crippen LogP contribution is 2.42. The molecule has 0 N–H and O–H groups in total. The van der Waals surface area contributed by atoms with E-state index in [9.17, 15) is 9.18 Å². The first-order valence-corrected chi connectivity index (χ1v) is 11.2. The Morgan fingerprint density at radius 2 is 1.71 bits per heavy atom. The van der Waals surface area contributed by atoms with Gasteiger partial charge in [0.05, 0.1) is 5.39 Å². The van der Waals surface area contributed by atoms with Crippen LogP contribution in [0.3, 0.4) is 0 Å². The van der Waals surface area contributed by atoms with Gasteiger partial charge in [-0.15, -0.1) is 11.3 Å². The number of halogens is 1. The number of hydrogen-bond donors (Lipinski definition) is 0. The number of aryl methyl sites for hydroxylation is 2. The molecule has 0 radical (unpaired) electrons. The van der Waals surface area contributed by atoms with Crippen molar-refractivity contribution in [1.82, 2.24) is 14.9 Å². The first-order valence-electron chi connectivity index (χ1n) is 10.4. The Hall–Kier alpha value is -2.74. The molecule has 1 fully saturated rings. The second kappa shape index (κ2) is 8.07. The second-order valence-electron chi connectivity index (χ2n) is 8.77. The number of rotatable bonds is 2. The number of piperazine rings is 1. The van der Waals surface area contributed by atoms with Crippen LogP contribution in [0.2, 0.25) is 0 Å². The molecule has 3 heterocycles. The van der Waals surface area contributed by atoms with Gasteiger partial charge in [-0.2, -0.15) is 0 Å². The van der Waals surface area contributed by atoms with Gasteiger partial charge in [-0.1, -0.05) is 12.1 Å². The van der Waals surface area contributed by atoms with Crippen LogP contribution in [0.15, 0.2) is 24.3 Å². The molecule has 1 aromatic carbocycles. The van der Waals surface area contributed by atoms with E-state index in [1.54, 1.807) is 28.4 Å². The average molecular weight is 443 g/mol. The van der Waals surface area contributed by atoms with Gasteiger partial charge in [0.2, 0.25) is 0 Å². The molecular formula is C23H27FN4O2S. The minimum atomic E-state index is -0.511. The Kier molecular flexibility index (Phi) is 5.60. The summed E-state index contributed by atoms with van der Waals surface area (Å²) >= 11 is 1.63. The van der Waals surface area contributed by atoms with Crippen LogP contribution < -0.4 is 4.90 Å². The topological polar surface area (TPSA) is 58.6 Å². The van der Waals surface area contributed by atoms with Crippen LogP contribution in [0, 0.1) is 19.7 Å². The Labute approximate surface area is 185 Å². The molecule has 164 valence electrons. The Morgan fingerprint density at radius 1 is 1.06 bits per heavy atom. The smallest absolute Gasteiger partial charge is 0.410 e. The number of hydrogen-bond acceptors (Lipinski definition) is 6. The summed E-state index contributed by atoms with van der Waals surface area (Å²) in [5, 5.41) is 0.991. The van der Waals surface area contributed by atoms with Crippen molar-refractivity contribution >= 4 is 33.5 Å². The van der Waals surface area contributed by atoms with Crippen LogP contribution in [0.1, 0.15) is 31.5 Å². The van der Waals surface area contributed by atoms with Gasteiger partial charge in [-0.25, -0.2) is 19.2 Å². The van der Waals surface area contributed by atoms with E-state index in [4.69, 9.17) is 9.72 Å². The molecule has 0 spiro atoms. The predicted octanol–water partition coefficient (Wildman–Crippen LogP) is 5.17. The fourth-order valence-corrected chi connectivity index (χ4v) is 4.90. The van der Waals surface area contributed by atoms with Crippen molar-refractivity contribution in [3.05, 3.63) is 40.8 Å². The van der Waals surface area contributed by atoms with Crippen LogP contribution in [0.4, 0.5) is 15.0 Å². The molecule has 0 atom stereocenters. The van der Waals surface area contributed by atoms with E-state index in [0.717, 1.165) is 32.0 Å². The van der Waals surface area contributed by atoms with Crippen LogP contribution in [0.5, 0.6) is 0 Å². The molecule has 0 unspecified atom stereocenters. The Bertz CT molecular complexity index is 1110. The van der Waals surface area contributed by atoms with Crippen molar-refractivity contribution in [2.75, 3.05) is 31.1 Å². The predicted molar refractivity (Wildman–Crippen MR) is 122 cm³/mol. The Balaban J connectivity index is 1.67. The van der Waals surface area contributed by atoms with Crippen LogP contribution in [-0.4, -0.2) is 52.7 Å². The van der Waals surface area contributed by atoms with Gasteiger partial charge in [-0.05, 0) is 52.3 Å². The minimum Gasteiger partial charge on any atom is -0.444 e. The number of aromatic nitrogens is 2.